The van der Waals surface area contributed by atoms with Gasteiger partial charge in [0, 0.05) is 5.02 Å². The summed E-state index contributed by atoms with van der Waals surface area (Å²) < 4.78 is 1.76. The molecule has 3 atom stereocenters. The Morgan fingerprint density at radius 3 is 2.70 bits per heavy atom. The van der Waals surface area contributed by atoms with E-state index in [9.17, 15) is 5.11 Å². The van der Waals surface area contributed by atoms with E-state index in [-0.39, 0.29) is 11.3 Å². The zero-order valence-electron chi connectivity index (χ0n) is 13.7. The molecule has 5 heteroatoms. The van der Waals surface area contributed by atoms with Crippen molar-refractivity contribution in [1.82, 2.24) is 14.8 Å². The molecule has 0 aliphatic heterocycles. The lowest BCUT2D eigenvalue weighted by atomic mass is 9.70. The first kappa shape index (κ1) is 16.5. The molecule has 1 fully saturated rings. The Kier molecular flexibility index (Phi) is 4.47. The number of halogens is 1. The lowest BCUT2D eigenvalue weighted by Gasteiger charge is -2.42. The lowest BCUT2D eigenvalue weighted by molar-refractivity contribution is -0.1000. The van der Waals surface area contributed by atoms with E-state index >= 15 is 0 Å². The average molecular weight is 334 g/mol. The molecule has 1 heterocycles. The van der Waals surface area contributed by atoms with E-state index < -0.39 is 5.60 Å². The molecule has 1 aliphatic rings. The molecule has 0 radical (unpaired) electrons. The molecule has 3 unspecified atom stereocenters. The molecule has 23 heavy (non-hydrogen) atoms. The molecule has 1 aliphatic carbocycles. The first-order chi connectivity index (χ1) is 11.0. The predicted molar refractivity (Wildman–Crippen MR) is 91.2 cm³/mol. The molecule has 1 aromatic carbocycles. The van der Waals surface area contributed by atoms with Crippen LogP contribution in [-0.4, -0.2) is 25.5 Å². The van der Waals surface area contributed by atoms with Crippen molar-refractivity contribution < 1.29 is 5.11 Å². The molecule has 0 bridgehead atoms. The van der Waals surface area contributed by atoms with Gasteiger partial charge in [-0.05, 0) is 54.7 Å². The highest BCUT2D eigenvalue weighted by Gasteiger charge is 2.55. The molecule has 0 saturated heterocycles. The van der Waals surface area contributed by atoms with Crippen molar-refractivity contribution in [1.29, 1.82) is 0 Å². The van der Waals surface area contributed by atoms with Gasteiger partial charge in [0.15, 0.2) is 0 Å². The van der Waals surface area contributed by atoms with Gasteiger partial charge in [-0.1, -0.05) is 37.6 Å². The van der Waals surface area contributed by atoms with Gasteiger partial charge in [-0.15, -0.1) is 0 Å². The minimum atomic E-state index is -0.783. The third kappa shape index (κ3) is 3.02. The molecule has 2 aromatic rings. The second-order valence-electron chi connectivity index (χ2n) is 7.00. The summed E-state index contributed by atoms with van der Waals surface area (Å²) in [5, 5.41) is 16.6. The molecular weight excluding hydrogens is 310 g/mol. The standard InChI is InChI=1S/C18H24ClN3O/c1-3-17(2)9-8-15(10-14-4-6-16(19)7-5-14)18(17,23)11-22-13-20-12-21-22/h4-7,12-13,15,23H,3,8-11H2,1-2H3. The summed E-state index contributed by atoms with van der Waals surface area (Å²) >= 11 is 5.98. The van der Waals surface area contributed by atoms with Gasteiger partial charge < -0.3 is 5.11 Å². The summed E-state index contributed by atoms with van der Waals surface area (Å²) in [7, 11) is 0. The van der Waals surface area contributed by atoms with E-state index in [0.29, 0.717) is 6.54 Å². The minimum Gasteiger partial charge on any atom is -0.387 e. The van der Waals surface area contributed by atoms with Crippen LogP contribution in [0.1, 0.15) is 38.7 Å². The fourth-order valence-corrected chi connectivity index (χ4v) is 4.11. The molecule has 1 saturated carbocycles. The molecule has 124 valence electrons. The second-order valence-corrected chi connectivity index (χ2v) is 7.43. The number of nitrogens with zero attached hydrogens (tertiary/aromatic N) is 3. The maximum absolute atomic E-state index is 11.6. The van der Waals surface area contributed by atoms with E-state index in [0.717, 1.165) is 30.7 Å². The maximum atomic E-state index is 11.6. The molecule has 0 spiro atoms. The monoisotopic (exact) mass is 333 g/mol. The van der Waals surface area contributed by atoms with Crippen LogP contribution in [-0.2, 0) is 13.0 Å². The van der Waals surface area contributed by atoms with Gasteiger partial charge in [-0.25, -0.2) is 4.98 Å². The van der Waals surface area contributed by atoms with E-state index in [1.165, 1.54) is 11.9 Å². The highest BCUT2D eigenvalue weighted by Crippen LogP contribution is 2.53. The zero-order chi connectivity index (χ0) is 16.5. The maximum Gasteiger partial charge on any atom is 0.137 e. The van der Waals surface area contributed by atoms with Crippen molar-refractivity contribution in [3.63, 3.8) is 0 Å². The third-order valence-electron chi connectivity index (χ3n) is 5.81. The van der Waals surface area contributed by atoms with Crippen LogP contribution >= 0.6 is 11.6 Å². The van der Waals surface area contributed by atoms with Crippen LogP contribution in [0.25, 0.3) is 0 Å². The predicted octanol–water partition coefficient (Wildman–Crippen LogP) is 3.73. The number of aromatic nitrogens is 3. The minimum absolute atomic E-state index is 0.101. The Bertz CT molecular complexity index is 643. The van der Waals surface area contributed by atoms with Crippen LogP contribution in [0, 0.1) is 11.3 Å². The molecule has 1 aromatic heterocycles. The van der Waals surface area contributed by atoms with Gasteiger partial charge >= 0.3 is 0 Å². The SMILES string of the molecule is CCC1(C)CCC(Cc2ccc(Cl)cc2)C1(O)Cn1cncn1. The molecule has 4 nitrogen and oxygen atoms in total. The number of hydrogen-bond donors (Lipinski definition) is 1. The van der Waals surface area contributed by atoms with Crippen molar-refractivity contribution in [3.05, 3.63) is 47.5 Å². The smallest absolute Gasteiger partial charge is 0.137 e. The average Bonchev–Trinajstić information content (AvgIpc) is 3.12. The van der Waals surface area contributed by atoms with Crippen LogP contribution in [0.5, 0.6) is 0 Å². The van der Waals surface area contributed by atoms with Gasteiger partial charge in [0.05, 0.1) is 12.1 Å². The summed E-state index contributed by atoms with van der Waals surface area (Å²) in [5.74, 6) is 0.206. The normalized spacial score (nSPS) is 30.7. The summed E-state index contributed by atoms with van der Waals surface area (Å²) in [5.41, 5.74) is 0.335. The van der Waals surface area contributed by atoms with E-state index in [1.54, 1.807) is 11.0 Å². The largest absolute Gasteiger partial charge is 0.387 e. The van der Waals surface area contributed by atoms with Crippen molar-refractivity contribution in [2.24, 2.45) is 11.3 Å². The number of benzene rings is 1. The quantitative estimate of drug-likeness (QED) is 0.907. The van der Waals surface area contributed by atoms with Gasteiger partial charge in [0.2, 0.25) is 0 Å². The van der Waals surface area contributed by atoms with Crippen LogP contribution in [0.2, 0.25) is 5.02 Å². The highest BCUT2D eigenvalue weighted by atomic mass is 35.5. The molecule has 1 N–H and O–H groups in total. The van der Waals surface area contributed by atoms with Gasteiger partial charge in [-0.2, -0.15) is 5.10 Å². The zero-order valence-corrected chi connectivity index (χ0v) is 14.5. The summed E-state index contributed by atoms with van der Waals surface area (Å²) in [6, 6.07) is 7.95. The summed E-state index contributed by atoms with van der Waals surface area (Å²) in [6.45, 7) is 4.86. The Morgan fingerprint density at radius 1 is 1.35 bits per heavy atom. The Hall–Kier alpha value is -1.39. The van der Waals surface area contributed by atoms with Crippen molar-refractivity contribution in [3.8, 4) is 0 Å². The van der Waals surface area contributed by atoms with Crippen molar-refractivity contribution in [2.75, 3.05) is 0 Å². The molecule has 3 rings (SSSR count). The van der Waals surface area contributed by atoms with Crippen molar-refractivity contribution >= 4 is 11.6 Å². The van der Waals surface area contributed by atoms with Crippen LogP contribution in [0.15, 0.2) is 36.9 Å². The summed E-state index contributed by atoms with van der Waals surface area (Å²) in [4.78, 5) is 4.01. The fraction of sp³-hybridized carbons (Fsp3) is 0.556. The number of aliphatic hydroxyl groups is 1. The van der Waals surface area contributed by atoms with Crippen LogP contribution < -0.4 is 0 Å². The lowest BCUT2D eigenvalue weighted by Crippen LogP contribution is -2.50. The van der Waals surface area contributed by atoms with Gasteiger partial charge in [0.1, 0.15) is 12.7 Å². The number of rotatable bonds is 5. The first-order valence-corrected chi connectivity index (χ1v) is 8.64. The highest BCUT2D eigenvalue weighted by molar-refractivity contribution is 6.30. The van der Waals surface area contributed by atoms with Crippen molar-refractivity contribution in [2.45, 2.75) is 51.7 Å². The second kappa shape index (κ2) is 6.25. The van der Waals surface area contributed by atoms with E-state index in [4.69, 9.17) is 11.6 Å². The van der Waals surface area contributed by atoms with Crippen LogP contribution in [0.4, 0.5) is 0 Å². The fourth-order valence-electron chi connectivity index (χ4n) is 3.98. The van der Waals surface area contributed by atoms with E-state index in [2.05, 4.69) is 36.1 Å². The van der Waals surface area contributed by atoms with Crippen LogP contribution in [0.3, 0.4) is 0 Å². The Balaban J connectivity index is 1.87. The topological polar surface area (TPSA) is 50.9 Å². The molecular formula is C18H24ClN3O. The third-order valence-corrected chi connectivity index (χ3v) is 6.06. The number of hydrogen-bond acceptors (Lipinski definition) is 3. The van der Waals surface area contributed by atoms with E-state index in [1.807, 2.05) is 12.1 Å². The first-order valence-electron chi connectivity index (χ1n) is 8.26. The Labute approximate surface area is 142 Å². The van der Waals surface area contributed by atoms with Gasteiger partial charge in [-0.3, -0.25) is 4.68 Å². The summed E-state index contributed by atoms with van der Waals surface area (Å²) in [6.07, 6.45) is 7.08. The Morgan fingerprint density at radius 2 is 2.09 bits per heavy atom. The molecule has 0 amide bonds. The van der Waals surface area contributed by atoms with Gasteiger partial charge in [0.25, 0.3) is 0 Å².